The number of benzene rings is 1. The summed E-state index contributed by atoms with van der Waals surface area (Å²) in [6.45, 7) is 7.44. The third-order valence-electron chi connectivity index (χ3n) is 3.85. The van der Waals surface area contributed by atoms with Crippen LogP contribution in [0.25, 0.3) is 0 Å². The molecule has 0 N–H and O–H groups in total. The highest BCUT2D eigenvalue weighted by molar-refractivity contribution is 7.59. The van der Waals surface area contributed by atoms with Gasteiger partial charge in [-0.2, -0.15) is 5.26 Å². The Morgan fingerprint density at radius 3 is 2.24 bits per heavy atom. The lowest BCUT2D eigenvalue weighted by Crippen LogP contribution is -2.32. The van der Waals surface area contributed by atoms with E-state index in [0.29, 0.717) is 5.56 Å². The van der Waals surface area contributed by atoms with E-state index in [1.807, 2.05) is 13.8 Å². The highest BCUT2D eigenvalue weighted by atomic mass is 31.2. The fourth-order valence-electron chi connectivity index (χ4n) is 2.74. The topological polar surface area (TPSA) is 85.6 Å². The van der Waals surface area contributed by atoms with Crippen LogP contribution in [0.15, 0.2) is 35.7 Å². The van der Waals surface area contributed by atoms with Crippen molar-refractivity contribution in [2.24, 2.45) is 5.41 Å². The second-order valence-corrected chi connectivity index (χ2v) is 8.20. The van der Waals surface area contributed by atoms with Crippen molar-refractivity contribution in [3.8, 4) is 6.07 Å². The van der Waals surface area contributed by atoms with E-state index >= 15 is 0 Å². The van der Waals surface area contributed by atoms with Gasteiger partial charge in [0, 0.05) is 5.41 Å². The van der Waals surface area contributed by atoms with Crippen molar-refractivity contribution in [3.05, 3.63) is 46.8 Å². The summed E-state index contributed by atoms with van der Waals surface area (Å²) in [5.41, 5.74) is 0.661. The van der Waals surface area contributed by atoms with Gasteiger partial charge in [-0.25, -0.2) is 4.79 Å². The van der Waals surface area contributed by atoms with Crippen molar-refractivity contribution in [3.63, 3.8) is 0 Å². The first kappa shape index (κ1) is 19.4. The summed E-state index contributed by atoms with van der Waals surface area (Å²) in [5, 5.41) is 8.84. The van der Waals surface area contributed by atoms with Crippen molar-refractivity contribution < 1.29 is 23.1 Å². The molecule has 0 saturated heterocycles. The molecular formula is C18H22NO5P. The molecule has 1 aromatic carbocycles. The van der Waals surface area contributed by atoms with Crippen LogP contribution in [0.4, 0.5) is 0 Å². The van der Waals surface area contributed by atoms with Crippen LogP contribution in [-0.4, -0.2) is 19.2 Å². The predicted octanol–water partition coefficient (Wildman–Crippen LogP) is 4.33. The Balaban J connectivity index is 2.42. The van der Waals surface area contributed by atoms with Gasteiger partial charge in [-0.3, -0.25) is 4.57 Å². The molecule has 0 fully saturated rings. The first-order chi connectivity index (χ1) is 11.8. The summed E-state index contributed by atoms with van der Waals surface area (Å²) < 4.78 is 29.1. The van der Waals surface area contributed by atoms with E-state index in [4.69, 9.17) is 19.0 Å². The highest BCUT2D eigenvalue weighted by Gasteiger charge is 2.46. The van der Waals surface area contributed by atoms with Gasteiger partial charge in [-0.05, 0) is 31.5 Å². The van der Waals surface area contributed by atoms with Gasteiger partial charge in [0.05, 0.1) is 24.8 Å². The lowest BCUT2D eigenvalue weighted by Gasteiger charge is -2.37. The van der Waals surface area contributed by atoms with Crippen LogP contribution in [0.1, 0.15) is 44.9 Å². The van der Waals surface area contributed by atoms with E-state index in [9.17, 15) is 9.36 Å². The number of nitriles is 1. The Morgan fingerprint density at radius 1 is 1.20 bits per heavy atom. The minimum Gasteiger partial charge on any atom is -0.453 e. The van der Waals surface area contributed by atoms with E-state index in [1.54, 1.807) is 44.2 Å². The first-order valence-electron chi connectivity index (χ1n) is 8.11. The minimum atomic E-state index is -3.72. The summed E-state index contributed by atoms with van der Waals surface area (Å²) in [7, 11) is -3.72. The summed E-state index contributed by atoms with van der Waals surface area (Å²) in [6.07, 6.45) is 1.06. The Morgan fingerprint density at radius 2 is 1.76 bits per heavy atom. The number of nitrogens with zero attached hydrogens (tertiary/aromatic N) is 1. The molecule has 1 aliphatic rings. The number of carbonyl (C=O) groups excluding carboxylic acids is 1. The minimum absolute atomic E-state index is 0.0638. The average molecular weight is 363 g/mol. The molecule has 0 bridgehead atoms. The number of hydrogen-bond donors (Lipinski definition) is 0. The molecule has 1 atom stereocenters. The number of carbonyl (C=O) groups is 1. The van der Waals surface area contributed by atoms with Gasteiger partial charge in [0.2, 0.25) is 0 Å². The standard InChI is InChI=1S/C18H22NO5P/c1-5-22-25(21,23-6-2)15-11-18(3,4)16(24-17(15)20)14-9-7-13(12-19)8-10-14/h7-11,16H,5-6H2,1-4H3/t16-/m0/s1. The van der Waals surface area contributed by atoms with E-state index < -0.39 is 25.1 Å². The molecule has 0 spiro atoms. The maximum absolute atomic E-state index is 12.9. The van der Waals surface area contributed by atoms with E-state index in [0.717, 1.165) is 5.56 Å². The predicted molar refractivity (Wildman–Crippen MR) is 92.7 cm³/mol. The van der Waals surface area contributed by atoms with Crippen LogP contribution < -0.4 is 0 Å². The molecule has 134 valence electrons. The SMILES string of the molecule is CCOP(=O)(OCC)C1=CC(C)(C)[C@H](c2ccc(C#N)cc2)OC1=O. The fraction of sp³-hybridized carbons (Fsp3) is 0.444. The number of rotatable bonds is 6. The number of ether oxygens (including phenoxy) is 1. The smallest absolute Gasteiger partial charge is 0.368 e. The molecule has 7 heteroatoms. The Labute approximate surface area is 147 Å². The Kier molecular flexibility index (Phi) is 5.84. The molecule has 0 saturated carbocycles. The molecule has 2 rings (SSSR count). The second kappa shape index (κ2) is 7.53. The quantitative estimate of drug-likeness (QED) is 0.552. The third kappa shape index (κ3) is 4.01. The van der Waals surface area contributed by atoms with Gasteiger partial charge >= 0.3 is 13.6 Å². The summed E-state index contributed by atoms with van der Waals surface area (Å²) in [5.74, 6) is -0.709. The van der Waals surface area contributed by atoms with Gasteiger partial charge in [-0.1, -0.05) is 32.1 Å². The van der Waals surface area contributed by atoms with Gasteiger partial charge in [0.25, 0.3) is 0 Å². The first-order valence-corrected chi connectivity index (χ1v) is 9.65. The van der Waals surface area contributed by atoms with E-state index in [-0.39, 0.29) is 18.5 Å². The molecule has 1 aromatic rings. The molecule has 1 heterocycles. The van der Waals surface area contributed by atoms with Gasteiger partial charge in [-0.15, -0.1) is 0 Å². The third-order valence-corrected chi connectivity index (χ3v) is 5.95. The highest BCUT2D eigenvalue weighted by Crippen LogP contribution is 2.60. The van der Waals surface area contributed by atoms with Crippen molar-refractivity contribution in [1.82, 2.24) is 0 Å². The van der Waals surface area contributed by atoms with Gasteiger partial charge in [0.15, 0.2) is 0 Å². The van der Waals surface area contributed by atoms with E-state index in [1.165, 1.54) is 0 Å². The van der Waals surface area contributed by atoms with Crippen LogP contribution in [-0.2, 0) is 23.1 Å². The second-order valence-electron chi connectivity index (χ2n) is 6.20. The average Bonchev–Trinajstić information content (AvgIpc) is 2.57. The summed E-state index contributed by atoms with van der Waals surface area (Å²) >= 11 is 0. The number of esters is 1. The Hall–Kier alpha value is -1.93. The van der Waals surface area contributed by atoms with Crippen LogP contribution in [0.5, 0.6) is 0 Å². The molecule has 25 heavy (non-hydrogen) atoms. The Bertz CT molecular complexity index is 751. The van der Waals surface area contributed by atoms with Gasteiger partial charge in [0.1, 0.15) is 11.4 Å². The van der Waals surface area contributed by atoms with Gasteiger partial charge < -0.3 is 13.8 Å². The fourth-order valence-corrected chi connectivity index (χ4v) is 4.54. The monoisotopic (exact) mass is 363 g/mol. The summed E-state index contributed by atoms with van der Waals surface area (Å²) in [4.78, 5) is 12.5. The maximum Gasteiger partial charge on any atom is 0.368 e. The van der Waals surface area contributed by atoms with E-state index in [2.05, 4.69) is 6.07 Å². The van der Waals surface area contributed by atoms with Crippen molar-refractivity contribution in [1.29, 1.82) is 5.26 Å². The molecule has 0 amide bonds. The van der Waals surface area contributed by atoms with Crippen LogP contribution in [0, 0.1) is 16.7 Å². The van der Waals surface area contributed by atoms with Crippen LogP contribution in [0.2, 0.25) is 0 Å². The van der Waals surface area contributed by atoms with Crippen LogP contribution in [0.3, 0.4) is 0 Å². The lowest BCUT2D eigenvalue weighted by atomic mass is 9.80. The van der Waals surface area contributed by atoms with Crippen molar-refractivity contribution >= 4 is 13.6 Å². The number of hydrogen-bond acceptors (Lipinski definition) is 6. The zero-order valence-corrected chi connectivity index (χ0v) is 15.7. The molecule has 6 nitrogen and oxygen atoms in total. The largest absolute Gasteiger partial charge is 0.453 e. The number of cyclic esters (lactones) is 1. The van der Waals surface area contributed by atoms with Crippen molar-refractivity contribution in [2.45, 2.75) is 33.8 Å². The molecular weight excluding hydrogens is 341 g/mol. The molecule has 0 unspecified atom stereocenters. The zero-order chi connectivity index (χ0) is 18.7. The van der Waals surface area contributed by atoms with Crippen molar-refractivity contribution in [2.75, 3.05) is 13.2 Å². The zero-order valence-electron chi connectivity index (χ0n) is 14.8. The molecule has 0 aromatic heterocycles. The summed E-state index contributed by atoms with van der Waals surface area (Å²) in [6, 6.07) is 8.90. The molecule has 1 aliphatic heterocycles. The lowest BCUT2D eigenvalue weighted by molar-refractivity contribution is -0.151. The molecule has 0 aliphatic carbocycles. The maximum atomic E-state index is 12.9. The van der Waals surface area contributed by atoms with Crippen LogP contribution >= 0.6 is 7.60 Å². The molecule has 0 radical (unpaired) electrons. The normalized spacial score (nSPS) is 19.7.